The Kier molecular flexibility index (Phi) is 4.55. The van der Waals surface area contributed by atoms with Gasteiger partial charge in [0.1, 0.15) is 0 Å². The van der Waals surface area contributed by atoms with Crippen LogP contribution in [-0.2, 0) is 4.79 Å². The monoisotopic (exact) mass is 274 g/mol. The summed E-state index contributed by atoms with van der Waals surface area (Å²) in [5, 5.41) is 2.92. The smallest absolute Gasteiger partial charge is 0.217 e. The van der Waals surface area contributed by atoms with E-state index in [9.17, 15) is 9.59 Å². The molecule has 2 unspecified atom stereocenters. The maximum atomic E-state index is 12.4. The average molecular weight is 274 g/mol. The van der Waals surface area contributed by atoms with Gasteiger partial charge in [0.2, 0.25) is 5.91 Å². The van der Waals surface area contributed by atoms with Gasteiger partial charge in [0.15, 0.2) is 5.78 Å². The molecule has 1 heterocycles. The van der Waals surface area contributed by atoms with E-state index in [1.54, 1.807) is 0 Å². The van der Waals surface area contributed by atoms with E-state index in [0.717, 1.165) is 30.6 Å². The highest BCUT2D eigenvalue weighted by molar-refractivity contribution is 5.99. The number of benzene rings is 1. The van der Waals surface area contributed by atoms with Gasteiger partial charge in [-0.15, -0.1) is 0 Å². The Balaban J connectivity index is 1.97. The SMILES string of the molecule is CC(=O)NC1CCN(C(C)C(=O)c2ccc(C)cc2)C1. The van der Waals surface area contributed by atoms with E-state index in [1.165, 1.54) is 6.92 Å². The van der Waals surface area contributed by atoms with E-state index in [0.29, 0.717) is 0 Å². The minimum atomic E-state index is -0.142. The van der Waals surface area contributed by atoms with Crippen LogP contribution in [0.1, 0.15) is 36.2 Å². The summed E-state index contributed by atoms with van der Waals surface area (Å²) in [5.41, 5.74) is 1.91. The molecule has 1 amide bonds. The number of nitrogens with one attached hydrogen (secondary N) is 1. The molecule has 1 aliphatic rings. The van der Waals surface area contributed by atoms with Crippen molar-refractivity contribution >= 4 is 11.7 Å². The molecular weight excluding hydrogens is 252 g/mol. The summed E-state index contributed by atoms with van der Waals surface area (Å²) in [6.45, 7) is 7.08. The Morgan fingerprint density at radius 3 is 2.55 bits per heavy atom. The van der Waals surface area contributed by atoms with Crippen molar-refractivity contribution in [2.24, 2.45) is 0 Å². The summed E-state index contributed by atoms with van der Waals surface area (Å²) < 4.78 is 0. The zero-order valence-corrected chi connectivity index (χ0v) is 12.3. The lowest BCUT2D eigenvalue weighted by molar-refractivity contribution is -0.119. The number of rotatable bonds is 4. The van der Waals surface area contributed by atoms with Crippen LogP contribution < -0.4 is 5.32 Å². The van der Waals surface area contributed by atoms with Crippen LogP contribution >= 0.6 is 0 Å². The van der Waals surface area contributed by atoms with Crippen molar-refractivity contribution in [2.75, 3.05) is 13.1 Å². The molecule has 0 bridgehead atoms. The van der Waals surface area contributed by atoms with E-state index in [4.69, 9.17) is 0 Å². The summed E-state index contributed by atoms with van der Waals surface area (Å²) in [4.78, 5) is 25.7. The number of amides is 1. The molecule has 0 aromatic heterocycles. The molecule has 1 N–H and O–H groups in total. The van der Waals surface area contributed by atoms with Crippen molar-refractivity contribution in [3.63, 3.8) is 0 Å². The number of ketones is 1. The second-order valence-electron chi connectivity index (χ2n) is 5.59. The van der Waals surface area contributed by atoms with Crippen LogP contribution in [0.3, 0.4) is 0 Å². The summed E-state index contributed by atoms with van der Waals surface area (Å²) in [6.07, 6.45) is 0.908. The van der Waals surface area contributed by atoms with Gasteiger partial charge in [0, 0.05) is 31.6 Å². The van der Waals surface area contributed by atoms with Crippen molar-refractivity contribution in [1.29, 1.82) is 0 Å². The molecule has 1 saturated heterocycles. The van der Waals surface area contributed by atoms with Crippen molar-refractivity contribution in [2.45, 2.75) is 39.3 Å². The highest BCUT2D eigenvalue weighted by atomic mass is 16.1. The molecule has 0 saturated carbocycles. The van der Waals surface area contributed by atoms with Crippen LogP contribution in [0.5, 0.6) is 0 Å². The van der Waals surface area contributed by atoms with Crippen LogP contribution in [-0.4, -0.2) is 41.8 Å². The fourth-order valence-electron chi connectivity index (χ4n) is 2.67. The van der Waals surface area contributed by atoms with Gasteiger partial charge < -0.3 is 5.32 Å². The Hall–Kier alpha value is -1.68. The summed E-state index contributed by atoms with van der Waals surface area (Å²) in [6, 6.07) is 7.72. The maximum Gasteiger partial charge on any atom is 0.217 e. The van der Waals surface area contributed by atoms with Crippen molar-refractivity contribution < 1.29 is 9.59 Å². The van der Waals surface area contributed by atoms with Crippen molar-refractivity contribution in [3.8, 4) is 0 Å². The normalized spacial score (nSPS) is 20.6. The lowest BCUT2D eigenvalue weighted by atomic mass is 10.0. The van der Waals surface area contributed by atoms with E-state index in [-0.39, 0.29) is 23.8 Å². The van der Waals surface area contributed by atoms with Gasteiger partial charge in [0.05, 0.1) is 6.04 Å². The first-order valence-corrected chi connectivity index (χ1v) is 7.09. The lowest BCUT2D eigenvalue weighted by Crippen LogP contribution is -2.41. The molecular formula is C16H22N2O2. The highest BCUT2D eigenvalue weighted by Crippen LogP contribution is 2.16. The van der Waals surface area contributed by atoms with E-state index < -0.39 is 0 Å². The first kappa shape index (κ1) is 14.7. The molecule has 2 atom stereocenters. The van der Waals surface area contributed by atoms with Gasteiger partial charge in [0.25, 0.3) is 0 Å². The van der Waals surface area contributed by atoms with Crippen LogP contribution in [0.15, 0.2) is 24.3 Å². The zero-order valence-electron chi connectivity index (χ0n) is 12.3. The molecule has 1 aliphatic heterocycles. The van der Waals surface area contributed by atoms with Crippen molar-refractivity contribution in [1.82, 2.24) is 10.2 Å². The topological polar surface area (TPSA) is 49.4 Å². The summed E-state index contributed by atoms with van der Waals surface area (Å²) in [5.74, 6) is 0.142. The number of hydrogen-bond donors (Lipinski definition) is 1. The van der Waals surface area contributed by atoms with Gasteiger partial charge in [-0.2, -0.15) is 0 Å². The Morgan fingerprint density at radius 2 is 1.95 bits per heavy atom. The van der Waals surface area contributed by atoms with Crippen LogP contribution in [0.4, 0.5) is 0 Å². The first-order chi connectivity index (χ1) is 9.47. The third-order valence-corrected chi connectivity index (χ3v) is 3.89. The summed E-state index contributed by atoms with van der Waals surface area (Å²) in [7, 11) is 0. The first-order valence-electron chi connectivity index (χ1n) is 7.09. The molecule has 4 nitrogen and oxygen atoms in total. The minimum absolute atomic E-state index is 0.00522. The van der Waals surface area contributed by atoms with Crippen LogP contribution in [0, 0.1) is 6.92 Å². The molecule has 20 heavy (non-hydrogen) atoms. The van der Waals surface area contributed by atoms with Gasteiger partial charge in [-0.1, -0.05) is 29.8 Å². The third kappa shape index (κ3) is 3.45. The van der Waals surface area contributed by atoms with Gasteiger partial charge in [-0.05, 0) is 20.3 Å². The second-order valence-corrected chi connectivity index (χ2v) is 5.59. The predicted octanol–water partition coefficient (Wildman–Crippen LogP) is 1.78. The molecule has 0 aliphatic carbocycles. The Morgan fingerprint density at radius 1 is 1.30 bits per heavy atom. The predicted molar refractivity (Wildman–Crippen MR) is 78.8 cm³/mol. The third-order valence-electron chi connectivity index (χ3n) is 3.89. The minimum Gasteiger partial charge on any atom is -0.352 e. The molecule has 1 aromatic carbocycles. The van der Waals surface area contributed by atoms with Crippen LogP contribution in [0.25, 0.3) is 0 Å². The number of likely N-dealkylation sites (tertiary alicyclic amines) is 1. The molecule has 4 heteroatoms. The summed E-state index contributed by atoms with van der Waals surface area (Å²) >= 11 is 0. The average Bonchev–Trinajstić information content (AvgIpc) is 2.85. The Bertz CT molecular complexity index is 496. The van der Waals surface area contributed by atoms with Crippen LogP contribution in [0.2, 0.25) is 0 Å². The number of hydrogen-bond acceptors (Lipinski definition) is 3. The largest absolute Gasteiger partial charge is 0.352 e. The van der Waals surface area contributed by atoms with Crippen molar-refractivity contribution in [3.05, 3.63) is 35.4 Å². The number of carbonyl (C=O) groups excluding carboxylic acids is 2. The van der Waals surface area contributed by atoms with E-state index in [1.807, 2.05) is 38.1 Å². The highest BCUT2D eigenvalue weighted by Gasteiger charge is 2.30. The fraction of sp³-hybridized carbons (Fsp3) is 0.500. The van der Waals surface area contributed by atoms with Gasteiger partial charge >= 0.3 is 0 Å². The molecule has 2 rings (SSSR count). The zero-order chi connectivity index (χ0) is 14.7. The number of aryl methyl sites for hydroxylation is 1. The second kappa shape index (κ2) is 6.18. The van der Waals surface area contributed by atoms with E-state index in [2.05, 4.69) is 10.2 Å². The standard InChI is InChI=1S/C16H22N2O2/c1-11-4-6-14(7-5-11)16(20)12(2)18-9-8-15(10-18)17-13(3)19/h4-7,12,15H,8-10H2,1-3H3,(H,17,19). The fourth-order valence-corrected chi connectivity index (χ4v) is 2.67. The number of carbonyl (C=O) groups is 2. The number of Topliss-reactive ketones (excluding diaryl/α,β-unsaturated/α-hetero) is 1. The molecule has 108 valence electrons. The Labute approximate surface area is 120 Å². The molecule has 1 aromatic rings. The van der Waals surface area contributed by atoms with Gasteiger partial charge in [-0.3, -0.25) is 14.5 Å². The molecule has 0 spiro atoms. The molecule has 0 radical (unpaired) electrons. The lowest BCUT2D eigenvalue weighted by Gasteiger charge is -2.23. The maximum absolute atomic E-state index is 12.4. The molecule has 1 fully saturated rings. The quantitative estimate of drug-likeness (QED) is 0.851. The number of nitrogens with zero attached hydrogens (tertiary/aromatic N) is 1. The van der Waals surface area contributed by atoms with E-state index >= 15 is 0 Å². The van der Waals surface area contributed by atoms with Gasteiger partial charge in [-0.25, -0.2) is 0 Å².